The second kappa shape index (κ2) is 2.46. The molecule has 0 spiro atoms. The van der Waals surface area contributed by atoms with Crippen molar-refractivity contribution in [1.82, 2.24) is 0 Å². The highest BCUT2D eigenvalue weighted by Crippen LogP contribution is 2.16. The Kier molecular flexibility index (Phi) is 1.86. The average Bonchev–Trinajstić information content (AvgIpc) is 2.45. The van der Waals surface area contributed by atoms with Crippen LogP contribution in [0.4, 0.5) is 0 Å². The molecule has 48 valence electrons. The maximum atomic E-state index is 9.06. The molecule has 1 fully saturated rings. The van der Waals surface area contributed by atoms with Gasteiger partial charge >= 0.3 is 0 Å². The highest BCUT2D eigenvalue weighted by atomic mass is 16.6. The highest BCUT2D eigenvalue weighted by Gasteiger charge is 2.29. The third kappa shape index (κ3) is 1.46. The van der Waals surface area contributed by atoms with Gasteiger partial charge in [0.15, 0.2) is 0 Å². The summed E-state index contributed by atoms with van der Waals surface area (Å²) in [4.78, 5) is 0. The summed E-state index contributed by atoms with van der Waals surface area (Å²) < 4.78 is 4.87. The summed E-state index contributed by atoms with van der Waals surface area (Å²) in [6, 6.07) is 0. The molecule has 2 atom stereocenters. The van der Waals surface area contributed by atoms with Crippen LogP contribution in [0, 0.1) is 0 Å². The maximum absolute atomic E-state index is 9.06. The van der Waals surface area contributed by atoms with E-state index in [4.69, 9.17) is 9.84 Å². The van der Waals surface area contributed by atoms with Crippen molar-refractivity contribution in [2.24, 2.45) is 0 Å². The molecule has 1 saturated heterocycles. The quantitative estimate of drug-likeness (QED) is 0.546. The van der Waals surface area contributed by atoms with Gasteiger partial charge in [0.2, 0.25) is 0 Å². The van der Waals surface area contributed by atoms with Crippen molar-refractivity contribution in [2.45, 2.75) is 32.0 Å². The van der Waals surface area contributed by atoms with Crippen LogP contribution in [-0.4, -0.2) is 23.9 Å². The number of ether oxygens (including phenoxy) is 1. The minimum Gasteiger partial charge on any atom is -0.390 e. The fourth-order valence-electron chi connectivity index (χ4n) is 0.759. The third-order valence-corrected chi connectivity index (χ3v) is 1.37. The van der Waals surface area contributed by atoms with E-state index >= 15 is 0 Å². The van der Waals surface area contributed by atoms with Crippen LogP contribution in [0.5, 0.6) is 0 Å². The van der Waals surface area contributed by atoms with E-state index in [0.717, 1.165) is 19.4 Å². The lowest BCUT2D eigenvalue weighted by Crippen LogP contribution is -2.13. The maximum Gasteiger partial charge on any atom is 0.107 e. The first-order valence-corrected chi connectivity index (χ1v) is 3.14. The van der Waals surface area contributed by atoms with Gasteiger partial charge in [-0.2, -0.15) is 0 Å². The van der Waals surface area contributed by atoms with Gasteiger partial charge in [-0.15, -0.1) is 0 Å². The molecule has 0 aromatic carbocycles. The lowest BCUT2D eigenvalue weighted by molar-refractivity contribution is 0.126. The van der Waals surface area contributed by atoms with Gasteiger partial charge in [-0.1, -0.05) is 13.3 Å². The number of aliphatic hydroxyl groups excluding tert-OH is 1. The fraction of sp³-hybridized carbons (Fsp3) is 1.00. The molecule has 1 rings (SSSR count). The molecule has 0 aliphatic carbocycles. The van der Waals surface area contributed by atoms with E-state index in [-0.39, 0.29) is 12.2 Å². The normalized spacial score (nSPS) is 30.0. The Balaban J connectivity index is 2.03. The summed E-state index contributed by atoms with van der Waals surface area (Å²) in [6.07, 6.45) is 1.90. The largest absolute Gasteiger partial charge is 0.390 e. The van der Waals surface area contributed by atoms with Crippen molar-refractivity contribution >= 4 is 0 Å². The molecular formula is C6H12O2. The SMILES string of the molecule is CCC[C@H](O)[C@@H]1CO1. The molecule has 2 heteroatoms. The molecule has 0 amide bonds. The van der Waals surface area contributed by atoms with Crippen molar-refractivity contribution in [1.29, 1.82) is 0 Å². The molecule has 0 saturated carbocycles. The minimum atomic E-state index is -0.194. The topological polar surface area (TPSA) is 32.8 Å². The first kappa shape index (κ1) is 6.05. The zero-order valence-corrected chi connectivity index (χ0v) is 5.13. The minimum absolute atomic E-state index is 0.176. The molecule has 0 aromatic rings. The van der Waals surface area contributed by atoms with E-state index in [1.165, 1.54) is 0 Å². The van der Waals surface area contributed by atoms with E-state index in [1.54, 1.807) is 0 Å². The predicted molar refractivity (Wildman–Crippen MR) is 30.7 cm³/mol. The number of aliphatic hydroxyl groups is 1. The number of rotatable bonds is 3. The van der Waals surface area contributed by atoms with Gasteiger partial charge in [0, 0.05) is 0 Å². The molecular weight excluding hydrogens is 104 g/mol. The van der Waals surface area contributed by atoms with Crippen LogP contribution in [0.25, 0.3) is 0 Å². The monoisotopic (exact) mass is 116 g/mol. The molecule has 0 aromatic heterocycles. The van der Waals surface area contributed by atoms with Crippen LogP contribution < -0.4 is 0 Å². The standard InChI is InChI=1S/C6H12O2/c1-2-3-5(7)6-4-8-6/h5-7H,2-4H2,1H3/t5-,6-/m0/s1. The number of epoxide rings is 1. The van der Waals surface area contributed by atoms with Gasteiger partial charge in [-0.3, -0.25) is 0 Å². The van der Waals surface area contributed by atoms with Crippen LogP contribution >= 0.6 is 0 Å². The number of hydrogen-bond donors (Lipinski definition) is 1. The molecule has 0 bridgehead atoms. The first-order valence-electron chi connectivity index (χ1n) is 3.14. The van der Waals surface area contributed by atoms with Crippen molar-refractivity contribution < 1.29 is 9.84 Å². The Morgan fingerprint density at radius 3 is 2.88 bits per heavy atom. The van der Waals surface area contributed by atoms with Gasteiger partial charge in [0.25, 0.3) is 0 Å². The second-order valence-corrected chi connectivity index (χ2v) is 2.23. The summed E-state index contributed by atoms with van der Waals surface area (Å²) in [7, 11) is 0. The molecule has 1 N–H and O–H groups in total. The molecule has 1 heterocycles. The Morgan fingerprint density at radius 2 is 2.50 bits per heavy atom. The molecule has 1 aliphatic heterocycles. The Morgan fingerprint density at radius 1 is 1.88 bits per heavy atom. The summed E-state index contributed by atoms with van der Waals surface area (Å²) in [5, 5.41) is 9.06. The van der Waals surface area contributed by atoms with Gasteiger partial charge in [-0.05, 0) is 6.42 Å². The van der Waals surface area contributed by atoms with Crippen LogP contribution in [0.15, 0.2) is 0 Å². The lowest BCUT2D eigenvalue weighted by atomic mass is 10.2. The van der Waals surface area contributed by atoms with E-state index in [0.29, 0.717) is 0 Å². The van der Waals surface area contributed by atoms with E-state index < -0.39 is 0 Å². The van der Waals surface area contributed by atoms with Crippen LogP contribution in [-0.2, 0) is 4.74 Å². The van der Waals surface area contributed by atoms with Gasteiger partial charge in [0.05, 0.1) is 12.7 Å². The Bertz CT molecular complexity index is 68.9. The van der Waals surface area contributed by atoms with Gasteiger partial charge < -0.3 is 9.84 Å². The smallest absolute Gasteiger partial charge is 0.107 e. The lowest BCUT2D eigenvalue weighted by Gasteiger charge is -2.01. The summed E-state index contributed by atoms with van der Waals surface area (Å²) in [5.74, 6) is 0. The summed E-state index contributed by atoms with van der Waals surface area (Å²) in [6.45, 7) is 2.83. The zero-order valence-electron chi connectivity index (χ0n) is 5.13. The average molecular weight is 116 g/mol. The predicted octanol–water partition coefficient (Wildman–Crippen LogP) is 0.546. The molecule has 0 radical (unpaired) electrons. The summed E-state index contributed by atoms with van der Waals surface area (Å²) >= 11 is 0. The molecule has 2 nitrogen and oxygen atoms in total. The van der Waals surface area contributed by atoms with Gasteiger partial charge in [-0.25, -0.2) is 0 Å². The Hall–Kier alpha value is -0.0800. The van der Waals surface area contributed by atoms with E-state index in [1.807, 2.05) is 0 Å². The first-order chi connectivity index (χ1) is 3.84. The zero-order chi connectivity index (χ0) is 5.98. The van der Waals surface area contributed by atoms with Crippen molar-refractivity contribution in [3.63, 3.8) is 0 Å². The van der Waals surface area contributed by atoms with Crippen LogP contribution in [0.2, 0.25) is 0 Å². The fourth-order valence-corrected chi connectivity index (χ4v) is 0.759. The highest BCUT2D eigenvalue weighted by molar-refractivity contribution is 4.77. The second-order valence-electron chi connectivity index (χ2n) is 2.23. The third-order valence-electron chi connectivity index (χ3n) is 1.37. The van der Waals surface area contributed by atoms with Crippen molar-refractivity contribution in [3.05, 3.63) is 0 Å². The summed E-state index contributed by atoms with van der Waals surface area (Å²) in [5.41, 5.74) is 0. The van der Waals surface area contributed by atoms with Crippen molar-refractivity contribution in [2.75, 3.05) is 6.61 Å². The van der Waals surface area contributed by atoms with Gasteiger partial charge in [0.1, 0.15) is 6.10 Å². The van der Waals surface area contributed by atoms with E-state index in [2.05, 4.69) is 6.92 Å². The van der Waals surface area contributed by atoms with Crippen molar-refractivity contribution in [3.8, 4) is 0 Å². The molecule has 8 heavy (non-hydrogen) atoms. The molecule has 0 unspecified atom stereocenters. The van der Waals surface area contributed by atoms with Crippen LogP contribution in [0.1, 0.15) is 19.8 Å². The Labute approximate surface area is 49.5 Å². The number of hydrogen-bond acceptors (Lipinski definition) is 2. The van der Waals surface area contributed by atoms with E-state index in [9.17, 15) is 0 Å². The molecule has 1 aliphatic rings. The van der Waals surface area contributed by atoms with Crippen LogP contribution in [0.3, 0.4) is 0 Å².